The summed E-state index contributed by atoms with van der Waals surface area (Å²) in [5.74, 6) is 0. The molecule has 0 saturated heterocycles. The fourth-order valence-corrected chi connectivity index (χ4v) is 3.20. The number of hydrogen-bond donors (Lipinski definition) is 0. The molecular weight excluding hydrogens is 286 g/mol. The molecule has 2 heterocycles. The molecule has 5 rings (SSSR count). The van der Waals surface area contributed by atoms with Crippen molar-refractivity contribution in [2.75, 3.05) is 0 Å². The number of fused-ring (bicyclic) bond motifs is 6. The molecule has 0 aliphatic carbocycles. The summed E-state index contributed by atoms with van der Waals surface area (Å²) in [6.07, 6.45) is 0. The van der Waals surface area contributed by atoms with Crippen molar-refractivity contribution in [3.63, 3.8) is 0 Å². The van der Waals surface area contributed by atoms with Crippen molar-refractivity contribution in [2.45, 2.75) is 0 Å². The van der Waals surface area contributed by atoms with Crippen molar-refractivity contribution in [1.82, 2.24) is 4.98 Å². The summed E-state index contributed by atoms with van der Waals surface area (Å²) < 4.78 is 5.27. The number of pyridine rings is 1. The predicted octanol–water partition coefficient (Wildman–Crippen LogP) is 4.65. The molecule has 0 atom stereocenters. The smallest absolute Gasteiger partial charge is 0.336 e. The highest BCUT2D eigenvalue weighted by Gasteiger charge is 2.08. The van der Waals surface area contributed by atoms with Crippen LogP contribution in [0.5, 0.6) is 0 Å². The molecule has 0 spiro atoms. The highest BCUT2D eigenvalue weighted by molar-refractivity contribution is 6.13. The highest BCUT2D eigenvalue weighted by atomic mass is 16.4. The first-order chi connectivity index (χ1) is 11.3. The SMILES string of the molecule is O=c1ccc2c(ccc3nc4c(ccc5ccccc54)cc32)o1. The van der Waals surface area contributed by atoms with Crippen LogP contribution >= 0.6 is 0 Å². The van der Waals surface area contributed by atoms with E-state index in [1.54, 1.807) is 6.07 Å². The Morgan fingerprint density at radius 3 is 2.57 bits per heavy atom. The molecule has 3 heteroatoms. The van der Waals surface area contributed by atoms with Gasteiger partial charge < -0.3 is 4.42 Å². The quantitative estimate of drug-likeness (QED) is 0.237. The number of hydrogen-bond acceptors (Lipinski definition) is 3. The first kappa shape index (κ1) is 12.4. The standard InChI is InChI=1S/C20H11NO2/c22-19-10-7-15-16-11-13-6-5-12-3-1-2-4-14(12)20(13)21-17(16)8-9-18(15)23-19/h1-11H. The molecule has 0 radical (unpaired) electrons. The average Bonchev–Trinajstić information content (AvgIpc) is 2.59. The average molecular weight is 297 g/mol. The van der Waals surface area contributed by atoms with Gasteiger partial charge >= 0.3 is 5.63 Å². The van der Waals surface area contributed by atoms with Gasteiger partial charge in [0.15, 0.2) is 0 Å². The second kappa shape index (κ2) is 4.40. The van der Waals surface area contributed by atoms with Gasteiger partial charge in [-0.1, -0.05) is 36.4 Å². The topological polar surface area (TPSA) is 43.1 Å². The lowest BCUT2D eigenvalue weighted by Crippen LogP contribution is -1.95. The van der Waals surface area contributed by atoms with Gasteiger partial charge in [0, 0.05) is 27.6 Å². The zero-order valence-corrected chi connectivity index (χ0v) is 12.1. The molecule has 0 bridgehead atoms. The van der Waals surface area contributed by atoms with Gasteiger partial charge in [-0.25, -0.2) is 9.78 Å². The molecule has 0 saturated carbocycles. The van der Waals surface area contributed by atoms with Crippen LogP contribution in [0.25, 0.3) is 43.5 Å². The Morgan fingerprint density at radius 1 is 0.739 bits per heavy atom. The maximum Gasteiger partial charge on any atom is 0.336 e. The molecule has 108 valence electrons. The Labute approximate surface area is 130 Å². The summed E-state index contributed by atoms with van der Waals surface area (Å²) in [4.78, 5) is 16.3. The molecule has 0 N–H and O–H groups in total. The summed E-state index contributed by atoms with van der Waals surface area (Å²) in [6.45, 7) is 0. The van der Waals surface area contributed by atoms with E-state index in [2.05, 4.69) is 30.3 Å². The Balaban J connectivity index is 2.00. The van der Waals surface area contributed by atoms with Gasteiger partial charge in [0.1, 0.15) is 5.58 Å². The third kappa shape index (κ3) is 1.77. The van der Waals surface area contributed by atoms with E-state index in [4.69, 9.17) is 9.40 Å². The molecule has 2 aromatic heterocycles. The van der Waals surface area contributed by atoms with Crippen LogP contribution in [0.2, 0.25) is 0 Å². The van der Waals surface area contributed by atoms with Crippen LogP contribution in [-0.4, -0.2) is 4.98 Å². The molecule has 23 heavy (non-hydrogen) atoms. The van der Waals surface area contributed by atoms with E-state index in [0.717, 1.165) is 32.6 Å². The van der Waals surface area contributed by atoms with Crippen molar-refractivity contribution in [1.29, 1.82) is 0 Å². The van der Waals surface area contributed by atoms with Crippen LogP contribution in [0.1, 0.15) is 0 Å². The summed E-state index contributed by atoms with van der Waals surface area (Å²) >= 11 is 0. The van der Waals surface area contributed by atoms with E-state index in [1.165, 1.54) is 11.5 Å². The van der Waals surface area contributed by atoms with Gasteiger partial charge in [-0.05, 0) is 29.7 Å². The summed E-state index contributed by atoms with van der Waals surface area (Å²) in [6, 6.07) is 21.5. The molecular formula is C20H11NO2. The summed E-state index contributed by atoms with van der Waals surface area (Å²) in [5, 5.41) is 5.30. The van der Waals surface area contributed by atoms with Crippen molar-refractivity contribution in [3.05, 3.63) is 77.2 Å². The summed E-state index contributed by atoms with van der Waals surface area (Å²) in [7, 11) is 0. The van der Waals surface area contributed by atoms with E-state index >= 15 is 0 Å². The second-order valence-corrected chi connectivity index (χ2v) is 5.65. The van der Waals surface area contributed by atoms with Crippen molar-refractivity contribution in [2.24, 2.45) is 0 Å². The molecule has 0 fully saturated rings. The number of aromatic nitrogens is 1. The second-order valence-electron chi connectivity index (χ2n) is 5.65. The minimum absolute atomic E-state index is 0.336. The van der Waals surface area contributed by atoms with Crippen LogP contribution in [0.3, 0.4) is 0 Å². The van der Waals surface area contributed by atoms with E-state index in [9.17, 15) is 4.79 Å². The van der Waals surface area contributed by atoms with Crippen molar-refractivity contribution >= 4 is 43.5 Å². The van der Waals surface area contributed by atoms with E-state index in [-0.39, 0.29) is 5.63 Å². The largest absolute Gasteiger partial charge is 0.423 e. The van der Waals surface area contributed by atoms with Crippen LogP contribution in [0, 0.1) is 0 Å². The fourth-order valence-electron chi connectivity index (χ4n) is 3.20. The Kier molecular flexibility index (Phi) is 2.36. The molecule has 0 amide bonds. The van der Waals surface area contributed by atoms with Gasteiger partial charge in [-0.15, -0.1) is 0 Å². The summed E-state index contributed by atoms with van der Waals surface area (Å²) in [5.41, 5.74) is 2.14. The van der Waals surface area contributed by atoms with Crippen LogP contribution < -0.4 is 5.63 Å². The maximum atomic E-state index is 11.4. The van der Waals surface area contributed by atoms with Gasteiger partial charge in [-0.2, -0.15) is 0 Å². The zero-order chi connectivity index (χ0) is 15.4. The zero-order valence-electron chi connectivity index (χ0n) is 12.1. The first-order valence-corrected chi connectivity index (χ1v) is 7.45. The number of benzene rings is 3. The molecule has 0 unspecified atom stereocenters. The molecule has 5 aromatic rings. The van der Waals surface area contributed by atoms with Crippen LogP contribution in [0.4, 0.5) is 0 Å². The third-order valence-corrected chi connectivity index (χ3v) is 4.28. The lowest BCUT2D eigenvalue weighted by atomic mass is 10.0. The Bertz CT molecular complexity index is 1290. The van der Waals surface area contributed by atoms with Crippen molar-refractivity contribution < 1.29 is 4.42 Å². The lowest BCUT2D eigenvalue weighted by Gasteiger charge is -2.07. The Hall–Kier alpha value is -3.20. The normalized spacial score (nSPS) is 11.7. The van der Waals surface area contributed by atoms with E-state index in [0.29, 0.717) is 5.58 Å². The monoisotopic (exact) mass is 297 g/mol. The van der Waals surface area contributed by atoms with E-state index in [1.807, 2.05) is 24.3 Å². The maximum absolute atomic E-state index is 11.4. The van der Waals surface area contributed by atoms with Crippen molar-refractivity contribution in [3.8, 4) is 0 Å². The molecule has 0 aliphatic rings. The van der Waals surface area contributed by atoms with E-state index < -0.39 is 0 Å². The number of rotatable bonds is 0. The molecule has 0 aliphatic heterocycles. The van der Waals surface area contributed by atoms with Gasteiger partial charge in [-0.3, -0.25) is 0 Å². The third-order valence-electron chi connectivity index (χ3n) is 4.28. The van der Waals surface area contributed by atoms with Crippen LogP contribution in [0.15, 0.2) is 75.9 Å². The van der Waals surface area contributed by atoms with Crippen LogP contribution in [-0.2, 0) is 0 Å². The fraction of sp³-hybridized carbons (Fsp3) is 0. The van der Waals surface area contributed by atoms with Gasteiger partial charge in [0.25, 0.3) is 0 Å². The minimum Gasteiger partial charge on any atom is -0.423 e. The van der Waals surface area contributed by atoms with Gasteiger partial charge in [0.05, 0.1) is 11.0 Å². The number of nitrogens with zero attached hydrogens (tertiary/aromatic N) is 1. The first-order valence-electron chi connectivity index (χ1n) is 7.45. The molecule has 3 aromatic carbocycles. The Morgan fingerprint density at radius 2 is 1.61 bits per heavy atom. The predicted molar refractivity (Wildman–Crippen MR) is 92.8 cm³/mol. The highest BCUT2D eigenvalue weighted by Crippen LogP contribution is 2.30. The lowest BCUT2D eigenvalue weighted by molar-refractivity contribution is 0.561. The minimum atomic E-state index is -0.336. The van der Waals surface area contributed by atoms with Gasteiger partial charge in [0.2, 0.25) is 0 Å². The molecule has 3 nitrogen and oxygen atoms in total.